The maximum absolute atomic E-state index is 12.7. The van der Waals surface area contributed by atoms with Crippen molar-refractivity contribution in [2.75, 3.05) is 27.2 Å². The van der Waals surface area contributed by atoms with Crippen LogP contribution in [-0.4, -0.2) is 61.9 Å². The summed E-state index contributed by atoms with van der Waals surface area (Å²) >= 11 is 1.02. The summed E-state index contributed by atoms with van der Waals surface area (Å²) in [6, 6.07) is 2.90. The van der Waals surface area contributed by atoms with Gasteiger partial charge in [0.25, 0.3) is 10.0 Å². The van der Waals surface area contributed by atoms with E-state index in [1.54, 1.807) is 13.0 Å². The zero-order valence-corrected chi connectivity index (χ0v) is 14.4. The zero-order chi connectivity index (χ0) is 16.2. The standard InChI is InChI=1S/C13H22N2O4S2/c1-5-15(10(2)9-14(3)4)21(18,19)13-7-6-11(20-13)8-12(16)17/h6-7,10H,5,8-9H2,1-4H3,(H,16,17). The quantitative estimate of drug-likeness (QED) is 0.776. The Morgan fingerprint density at radius 3 is 2.48 bits per heavy atom. The molecule has 6 nitrogen and oxygen atoms in total. The minimum atomic E-state index is -3.58. The summed E-state index contributed by atoms with van der Waals surface area (Å²) in [6.07, 6.45) is -0.153. The van der Waals surface area contributed by atoms with Crippen LogP contribution in [0, 0.1) is 0 Å². The molecule has 0 saturated heterocycles. The van der Waals surface area contributed by atoms with E-state index in [-0.39, 0.29) is 16.7 Å². The molecule has 0 aliphatic carbocycles. The minimum Gasteiger partial charge on any atom is -0.481 e. The van der Waals surface area contributed by atoms with E-state index in [9.17, 15) is 13.2 Å². The van der Waals surface area contributed by atoms with Gasteiger partial charge in [-0.25, -0.2) is 8.42 Å². The maximum atomic E-state index is 12.7. The van der Waals surface area contributed by atoms with Crippen molar-refractivity contribution in [3.05, 3.63) is 17.0 Å². The molecular formula is C13H22N2O4S2. The Bertz CT molecular complexity index is 581. The number of sulfonamides is 1. The summed E-state index contributed by atoms with van der Waals surface area (Å²) < 4.78 is 27.0. The van der Waals surface area contributed by atoms with Crippen molar-refractivity contribution in [3.63, 3.8) is 0 Å². The smallest absolute Gasteiger partial charge is 0.308 e. The molecule has 0 radical (unpaired) electrons. The molecule has 8 heteroatoms. The molecule has 120 valence electrons. The fourth-order valence-corrected chi connectivity index (χ4v) is 5.30. The first-order valence-corrected chi connectivity index (χ1v) is 8.91. The average Bonchev–Trinajstić information content (AvgIpc) is 2.76. The number of aliphatic carboxylic acids is 1. The van der Waals surface area contributed by atoms with Crippen LogP contribution in [0.25, 0.3) is 0 Å². The Morgan fingerprint density at radius 1 is 1.38 bits per heavy atom. The lowest BCUT2D eigenvalue weighted by molar-refractivity contribution is -0.136. The second-order valence-electron chi connectivity index (χ2n) is 5.11. The van der Waals surface area contributed by atoms with Gasteiger partial charge in [-0.05, 0) is 33.2 Å². The van der Waals surface area contributed by atoms with Gasteiger partial charge < -0.3 is 10.0 Å². The molecule has 21 heavy (non-hydrogen) atoms. The fourth-order valence-electron chi connectivity index (χ4n) is 2.19. The van der Waals surface area contributed by atoms with Gasteiger partial charge in [-0.3, -0.25) is 4.79 Å². The van der Waals surface area contributed by atoms with Crippen molar-refractivity contribution in [3.8, 4) is 0 Å². The molecule has 1 N–H and O–H groups in total. The molecular weight excluding hydrogens is 312 g/mol. The number of carboxylic acids is 1. The molecule has 0 aliphatic rings. The molecule has 1 heterocycles. The molecule has 1 unspecified atom stereocenters. The summed E-state index contributed by atoms with van der Waals surface area (Å²) in [5.41, 5.74) is 0. The first-order valence-electron chi connectivity index (χ1n) is 6.65. The highest BCUT2D eigenvalue weighted by Crippen LogP contribution is 2.26. The van der Waals surface area contributed by atoms with Gasteiger partial charge in [-0.1, -0.05) is 6.92 Å². The lowest BCUT2D eigenvalue weighted by Crippen LogP contribution is -2.43. The predicted molar refractivity (Wildman–Crippen MR) is 83.2 cm³/mol. The maximum Gasteiger partial charge on any atom is 0.308 e. The van der Waals surface area contributed by atoms with E-state index in [1.165, 1.54) is 10.4 Å². The third kappa shape index (κ3) is 4.77. The lowest BCUT2D eigenvalue weighted by Gasteiger charge is -2.28. The average molecular weight is 334 g/mol. The number of carbonyl (C=O) groups is 1. The number of likely N-dealkylation sites (N-methyl/N-ethyl adjacent to an activating group) is 2. The minimum absolute atomic E-state index is 0.153. The van der Waals surface area contributed by atoms with Gasteiger partial charge in [-0.2, -0.15) is 4.31 Å². The molecule has 0 aromatic carbocycles. The Morgan fingerprint density at radius 2 is 2.00 bits per heavy atom. The number of hydrogen-bond donors (Lipinski definition) is 1. The summed E-state index contributed by atoms with van der Waals surface area (Å²) in [6.45, 7) is 4.67. The largest absolute Gasteiger partial charge is 0.481 e. The number of thiophene rings is 1. The second kappa shape index (κ2) is 7.35. The molecule has 0 saturated carbocycles. The molecule has 0 spiro atoms. The Hall–Kier alpha value is -0.960. The van der Waals surface area contributed by atoms with E-state index < -0.39 is 16.0 Å². The van der Waals surface area contributed by atoms with Crippen molar-refractivity contribution in [2.24, 2.45) is 0 Å². The fraction of sp³-hybridized carbons (Fsp3) is 0.615. The van der Waals surface area contributed by atoms with Gasteiger partial charge >= 0.3 is 5.97 Å². The van der Waals surface area contributed by atoms with Crippen molar-refractivity contribution >= 4 is 27.3 Å². The van der Waals surface area contributed by atoms with Crippen LogP contribution in [0.1, 0.15) is 18.7 Å². The van der Waals surface area contributed by atoms with Gasteiger partial charge in [0.1, 0.15) is 4.21 Å². The molecule has 0 fully saturated rings. The van der Waals surface area contributed by atoms with Crippen LogP contribution in [0.2, 0.25) is 0 Å². The third-order valence-corrected chi connectivity index (χ3v) is 6.60. The topological polar surface area (TPSA) is 77.9 Å². The highest BCUT2D eigenvalue weighted by atomic mass is 32.2. The lowest BCUT2D eigenvalue weighted by atomic mass is 10.3. The summed E-state index contributed by atoms with van der Waals surface area (Å²) in [5.74, 6) is -0.964. The van der Waals surface area contributed by atoms with E-state index in [0.717, 1.165) is 11.3 Å². The molecule has 1 atom stereocenters. The monoisotopic (exact) mass is 334 g/mol. The number of nitrogens with zero attached hydrogens (tertiary/aromatic N) is 2. The predicted octanol–water partition coefficient (Wildman–Crippen LogP) is 1.34. The van der Waals surface area contributed by atoms with E-state index in [4.69, 9.17) is 5.11 Å². The molecule has 1 rings (SSSR count). The molecule has 1 aromatic rings. The van der Waals surface area contributed by atoms with Crippen LogP contribution in [0.3, 0.4) is 0 Å². The number of hydrogen-bond acceptors (Lipinski definition) is 5. The summed E-state index contributed by atoms with van der Waals surface area (Å²) in [5, 5.41) is 8.76. The van der Waals surface area contributed by atoms with Gasteiger partial charge in [-0.15, -0.1) is 11.3 Å². The SMILES string of the molecule is CCN(C(C)CN(C)C)S(=O)(=O)c1ccc(CC(=O)O)s1. The van der Waals surface area contributed by atoms with Crippen molar-refractivity contribution < 1.29 is 18.3 Å². The molecule has 1 aromatic heterocycles. The molecule has 0 bridgehead atoms. The number of carboxylic acid groups (broad SMARTS) is 1. The van der Waals surface area contributed by atoms with Crippen LogP contribution in [0.4, 0.5) is 0 Å². The van der Waals surface area contributed by atoms with Crippen LogP contribution in [0.15, 0.2) is 16.3 Å². The van der Waals surface area contributed by atoms with E-state index in [0.29, 0.717) is 18.0 Å². The Labute approximate surface area is 130 Å². The van der Waals surface area contributed by atoms with Crippen molar-refractivity contribution in [2.45, 2.75) is 30.5 Å². The van der Waals surface area contributed by atoms with Crippen molar-refractivity contribution in [1.82, 2.24) is 9.21 Å². The first-order chi connectivity index (χ1) is 9.68. The van der Waals surface area contributed by atoms with Crippen LogP contribution >= 0.6 is 11.3 Å². The van der Waals surface area contributed by atoms with Gasteiger partial charge in [0.05, 0.1) is 6.42 Å². The third-order valence-electron chi connectivity index (χ3n) is 2.96. The van der Waals surface area contributed by atoms with Gasteiger partial charge in [0, 0.05) is 24.0 Å². The molecule has 0 aliphatic heterocycles. The van der Waals surface area contributed by atoms with E-state index in [1.807, 2.05) is 25.9 Å². The summed E-state index contributed by atoms with van der Waals surface area (Å²) in [7, 11) is 0.213. The molecule has 0 amide bonds. The Balaban J connectivity index is 3.01. The van der Waals surface area contributed by atoms with Crippen LogP contribution in [-0.2, 0) is 21.2 Å². The van der Waals surface area contributed by atoms with Crippen LogP contribution < -0.4 is 0 Å². The van der Waals surface area contributed by atoms with E-state index >= 15 is 0 Å². The van der Waals surface area contributed by atoms with E-state index in [2.05, 4.69) is 0 Å². The highest BCUT2D eigenvalue weighted by Gasteiger charge is 2.29. The zero-order valence-electron chi connectivity index (χ0n) is 12.7. The second-order valence-corrected chi connectivity index (χ2v) is 8.40. The van der Waals surface area contributed by atoms with Gasteiger partial charge in [0.2, 0.25) is 0 Å². The van der Waals surface area contributed by atoms with Gasteiger partial charge in [0.15, 0.2) is 0 Å². The van der Waals surface area contributed by atoms with Crippen molar-refractivity contribution in [1.29, 1.82) is 0 Å². The van der Waals surface area contributed by atoms with Crippen LogP contribution in [0.5, 0.6) is 0 Å². The normalized spacial score (nSPS) is 13.8. The highest BCUT2D eigenvalue weighted by molar-refractivity contribution is 7.91. The first kappa shape index (κ1) is 18.1. The Kier molecular flexibility index (Phi) is 6.33. The number of rotatable bonds is 8. The summed E-state index contributed by atoms with van der Waals surface area (Å²) in [4.78, 5) is 13.2.